The molecule has 3 heteroatoms. The normalized spacial score (nSPS) is 14.9. The zero-order valence-corrected chi connectivity index (χ0v) is 11.2. The van der Waals surface area contributed by atoms with Crippen LogP contribution >= 0.6 is 0 Å². The summed E-state index contributed by atoms with van der Waals surface area (Å²) < 4.78 is 4.74. The van der Waals surface area contributed by atoms with Crippen LogP contribution in [0, 0.1) is 0 Å². The van der Waals surface area contributed by atoms with Gasteiger partial charge in [-0.1, -0.05) is 0 Å². The number of anilines is 1. The number of hydrogen-bond donors (Lipinski definition) is 1. The Morgan fingerprint density at radius 2 is 1.88 bits per heavy atom. The van der Waals surface area contributed by atoms with Gasteiger partial charge >= 0.3 is 0 Å². The van der Waals surface area contributed by atoms with Gasteiger partial charge in [-0.05, 0) is 40.5 Å². The molecule has 90 valence electrons. The first-order chi connectivity index (χ1) is 7.52. The number of nitrogens with one attached hydrogen (secondary N) is 1. The Kier molecular flexibility index (Phi) is 2.96. The molecule has 1 aliphatic rings. The van der Waals surface area contributed by atoms with Crippen molar-refractivity contribution in [3.63, 3.8) is 0 Å². The molecule has 0 aromatic carbocycles. The fourth-order valence-electron chi connectivity index (χ4n) is 2.83. The van der Waals surface area contributed by atoms with Gasteiger partial charge in [0.05, 0.1) is 12.6 Å². The topological polar surface area (TPSA) is 20.8 Å². The molecule has 0 amide bonds. The molecule has 0 unspecified atom stereocenters. The first-order valence-corrected chi connectivity index (χ1v) is 6.41. The van der Waals surface area contributed by atoms with Crippen LogP contribution in [0.2, 0.25) is 0 Å². The first kappa shape index (κ1) is 11.5. The Morgan fingerprint density at radius 3 is 2.44 bits per heavy atom. The molecule has 3 nitrogen and oxygen atoms in total. The lowest BCUT2D eigenvalue weighted by Gasteiger charge is -2.11. The molecule has 0 radical (unpaired) electrons. The van der Waals surface area contributed by atoms with Crippen LogP contribution in [0.1, 0.15) is 51.4 Å². The third-order valence-electron chi connectivity index (χ3n) is 3.31. The highest BCUT2D eigenvalue weighted by atomic mass is 15.4. The average Bonchev–Trinajstić information content (AvgIpc) is 2.69. The number of aromatic nitrogens is 2. The molecule has 0 aliphatic heterocycles. The van der Waals surface area contributed by atoms with Gasteiger partial charge < -0.3 is 5.32 Å². The largest absolute Gasteiger partial charge is 0.365 e. The van der Waals surface area contributed by atoms with E-state index in [1.807, 2.05) is 0 Å². The summed E-state index contributed by atoms with van der Waals surface area (Å²) >= 11 is 0. The monoisotopic (exact) mass is 222 g/mol. The van der Waals surface area contributed by atoms with E-state index < -0.39 is 0 Å². The highest BCUT2D eigenvalue weighted by Gasteiger charge is 2.33. The predicted octanol–water partition coefficient (Wildman–Crippen LogP) is 2.20. The van der Waals surface area contributed by atoms with E-state index in [-0.39, 0.29) is 0 Å². The minimum atomic E-state index is 0.499. The van der Waals surface area contributed by atoms with Crippen molar-refractivity contribution in [2.45, 2.75) is 59.0 Å². The minimum absolute atomic E-state index is 0.499. The smallest absolute Gasteiger partial charge is 0.213 e. The molecule has 0 saturated carbocycles. The van der Waals surface area contributed by atoms with E-state index in [1.54, 1.807) is 11.3 Å². The lowest BCUT2D eigenvalue weighted by Crippen LogP contribution is -2.47. The summed E-state index contributed by atoms with van der Waals surface area (Å²) in [5, 5.41) is 3.59. The highest BCUT2D eigenvalue weighted by Crippen LogP contribution is 2.28. The van der Waals surface area contributed by atoms with Crippen molar-refractivity contribution in [3.05, 3.63) is 11.3 Å². The second-order valence-corrected chi connectivity index (χ2v) is 5.39. The summed E-state index contributed by atoms with van der Waals surface area (Å²) in [5.74, 6) is 1.33. The molecule has 0 spiro atoms. The number of hydrogen-bond acceptors (Lipinski definition) is 1. The average molecular weight is 222 g/mol. The summed E-state index contributed by atoms with van der Waals surface area (Å²) in [6, 6.07) is 1.04. The Hall–Kier alpha value is -0.990. The molecule has 1 N–H and O–H groups in total. The zero-order chi connectivity index (χ0) is 11.9. The molecular formula is C13H24N3+. The molecule has 1 aromatic rings. The number of fused-ring (bicyclic) bond motifs is 1. The first-order valence-electron chi connectivity index (χ1n) is 6.41. The molecule has 0 bridgehead atoms. The van der Waals surface area contributed by atoms with E-state index in [4.69, 9.17) is 0 Å². The van der Waals surface area contributed by atoms with Crippen LogP contribution in [0.25, 0.3) is 0 Å². The van der Waals surface area contributed by atoms with Crippen LogP contribution in [0.15, 0.2) is 0 Å². The minimum Gasteiger partial charge on any atom is -0.365 e. The van der Waals surface area contributed by atoms with Crippen molar-refractivity contribution in [3.8, 4) is 0 Å². The molecule has 1 aliphatic carbocycles. The molecule has 1 heterocycles. The summed E-state index contributed by atoms with van der Waals surface area (Å²) in [6.07, 6.45) is 3.78. The van der Waals surface area contributed by atoms with Crippen molar-refractivity contribution in [1.82, 2.24) is 4.68 Å². The van der Waals surface area contributed by atoms with Crippen molar-refractivity contribution >= 4 is 5.82 Å². The maximum Gasteiger partial charge on any atom is 0.213 e. The van der Waals surface area contributed by atoms with Gasteiger partial charge in [0, 0.05) is 12.5 Å². The van der Waals surface area contributed by atoms with E-state index in [1.165, 1.54) is 25.1 Å². The van der Waals surface area contributed by atoms with E-state index in [2.05, 4.69) is 49.4 Å². The van der Waals surface area contributed by atoms with Gasteiger partial charge in [0.2, 0.25) is 5.69 Å². The fourth-order valence-corrected chi connectivity index (χ4v) is 2.83. The van der Waals surface area contributed by atoms with Gasteiger partial charge in [-0.25, -0.2) is 0 Å². The Labute approximate surface area is 98.4 Å². The standard InChI is InChI=1S/C13H23N3/c1-9(2)14-13-11-7-6-8-12(11)16(10(3)4)15(13)5/h9-10H,6-8H2,1-5H3/p+1. The highest BCUT2D eigenvalue weighted by molar-refractivity contribution is 5.48. The molecule has 0 saturated heterocycles. The summed E-state index contributed by atoms with van der Waals surface area (Å²) in [6.45, 7) is 8.93. The fraction of sp³-hybridized carbons (Fsp3) is 0.769. The summed E-state index contributed by atoms with van der Waals surface area (Å²) in [5.41, 5.74) is 3.09. The van der Waals surface area contributed by atoms with Gasteiger partial charge in [0.15, 0.2) is 11.9 Å². The van der Waals surface area contributed by atoms with E-state index >= 15 is 0 Å². The summed E-state index contributed by atoms with van der Waals surface area (Å²) in [4.78, 5) is 0. The van der Waals surface area contributed by atoms with Gasteiger partial charge in [-0.3, -0.25) is 0 Å². The predicted molar refractivity (Wildman–Crippen MR) is 66.8 cm³/mol. The van der Waals surface area contributed by atoms with Gasteiger partial charge in [-0.2, -0.15) is 0 Å². The van der Waals surface area contributed by atoms with Crippen LogP contribution in [-0.4, -0.2) is 10.7 Å². The van der Waals surface area contributed by atoms with E-state index in [0.717, 1.165) is 0 Å². The van der Waals surface area contributed by atoms with Crippen LogP contribution in [-0.2, 0) is 19.9 Å². The van der Waals surface area contributed by atoms with Crippen LogP contribution in [0.4, 0.5) is 5.82 Å². The van der Waals surface area contributed by atoms with Crippen LogP contribution in [0.3, 0.4) is 0 Å². The summed E-state index contributed by atoms with van der Waals surface area (Å²) in [7, 11) is 2.17. The van der Waals surface area contributed by atoms with Crippen molar-refractivity contribution in [2.75, 3.05) is 5.32 Å². The van der Waals surface area contributed by atoms with Crippen molar-refractivity contribution < 1.29 is 4.68 Å². The molecule has 1 aromatic heterocycles. The number of nitrogens with zero attached hydrogens (tertiary/aromatic N) is 2. The lowest BCUT2D eigenvalue weighted by atomic mass is 10.2. The Bertz CT molecular complexity index is 388. The van der Waals surface area contributed by atoms with E-state index in [9.17, 15) is 0 Å². The third kappa shape index (κ3) is 1.72. The SMILES string of the molecule is CC(C)Nc1c2c([n+](C(C)C)n1C)CCC2. The van der Waals surface area contributed by atoms with Crippen molar-refractivity contribution in [1.29, 1.82) is 0 Å². The molecule has 16 heavy (non-hydrogen) atoms. The van der Waals surface area contributed by atoms with Crippen molar-refractivity contribution in [2.24, 2.45) is 7.05 Å². The Morgan fingerprint density at radius 1 is 1.19 bits per heavy atom. The third-order valence-corrected chi connectivity index (χ3v) is 3.31. The zero-order valence-electron chi connectivity index (χ0n) is 11.2. The lowest BCUT2D eigenvalue weighted by molar-refractivity contribution is -0.794. The quantitative estimate of drug-likeness (QED) is 0.778. The molecular weight excluding hydrogens is 198 g/mol. The van der Waals surface area contributed by atoms with Gasteiger partial charge in [0.25, 0.3) is 0 Å². The van der Waals surface area contributed by atoms with Crippen LogP contribution < -0.4 is 10.00 Å². The molecule has 0 fully saturated rings. The van der Waals surface area contributed by atoms with Gasteiger partial charge in [0.1, 0.15) is 0 Å². The molecule has 2 rings (SSSR count). The second-order valence-electron chi connectivity index (χ2n) is 5.39. The van der Waals surface area contributed by atoms with Gasteiger partial charge in [-0.15, -0.1) is 9.36 Å². The van der Waals surface area contributed by atoms with E-state index in [0.29, 0.717) is 12.1 Å². The Balaban J connectivity index is 2.49. The number of rotatable bonds is 3. The second kappa shape index (κ2) is 4.11. The maximum atomic E-state index is 3.59. The maximum absolute atomic E-state index is 3.59. The van der Waals surface area contributed by atoms with Crippen LogP contribution in [0.5, 0.6) is 0 Å². The molecule has 0 atom stereocenters.